The fourth-order valence-corrected chi connectivity index (χ4v) is 3.27. The lowest BCUT2D eigenvalue weighted by Gasteiger charge is -2.06. The second-order valence-electron chi connectivity index (χ2n) is 4.65. The van der Waals surface area contributed by atoms with Crippen molar-refractivity contribution in [3.8, 4) is 11.6 Å². The van der Waals surface area contributed by atoms with Gasteiger partial charge in [-0.15, -0.1) is 27.0 Å². The molecule has 0 aliphatic heterocycles. The van der Waals surface area contributed by atoms with E-state index in [4.69, 9.17) is 4.42 Å². The molecule has 0 aliphatic carbocycles. The Bertz CT molecular complexity index is 839. The van der Waals surface area contributed by atoms with Crippen molar-refractivity contribution in [1.29, 1.82) is 0 Å². The molecule has 0 saturated carbocycles. The third-order valence-corrected chi connectivity index (χ3v) is 4.60. The van der Waals surface area contributed by atoms with Crippen LogP contribution in [0.15, 0.2) is 40.6 Å². The summed E-state index contributed by atoms with van der Waals surface area (Å²) in [4.78, 5) is 12.0. The number of hydrogen-bond acceptors (Lipinski definition) is 8. The zero-order chi connectivity index (χ0) is 16.9. The van der Waals surface area contributed by atoms with E-state index in [1.54, 1.807) is 18.4 Å². The molecule has 3 rings (SSSR count). The maximum Gasteiger partial charge on any atom is 0.236 e. The summed E-state index contributed by atoms with van der Waals surface area (Å²) < 4.78 is 7.21. The first-order valence-electron chi connectivity index (χ1n) is 6.98. The van der Waals surface area contributed by atoms with E-state index < -0.39 is 0 Å². The monoisotopic (exact) mass is 362 g/mol. The molecular formula is C14H14N6O2S2. The van der Waals surface area contributed by atoms with E-state index in [0.29, 0.717) is 28.4 Å². The number of carbonyl (C=O) groups is 1. The highest BCUT2D eigenvalue weighted by atomic mass is 32.2. The third-order valence-electron chi connectivity index (χ3n) is 2.87. The number of nitrogens with zero attached hydrogens (tertiary/aromatic N) is 5. The van der Waals surface area contributed by atoms with Gasteiger partial charge in [-0.2, -0.15) is 0 Å². The first-order valence-corrected chi connectivity index (χ1v) is 8.78. The second kappa shape index (κ2) is 7.41. The molecule has 0 atom stereocenters. The zero-order valence-electron chi connectivity index (χ0n) is 12.8. The van der Waals surface area contributed by atoms with Crippen LogP contribution in [0.2, 0.25) is 0 Å². The first kappa shape index (κ1) is 16.4. The molecule has 0 radical (unpaired) electrons. The molecule has 0 saturated heterocycles. The molecule has 0 fully saturated rings. The summed E-state index contributed by atoms with van der Waals surface area (Å²) in [5, 5.41) is 20.6. The van der Waals surface area contributed by atoms with Crippen molar-refractivity contribution in [2.75, 3.05) is 11.1 Å². The van der Waals surface area contributed by atoms with Crippen molar-refractivity contribution in [3.63, 3.8) is 0 Å². The maximum absolute atomic E-state index is 12.0. The second-order valence-corrected chi connectivity index (χ2v) is 6.77. The number of carbonyl (C=O) groups excluding carboxylic acids is 1. The summed E-state index contributed by atoms with van der Waals surface area (Å²) in [6.07, 6.45) is 3.32. The van der Waals surface area contributed by atoms with E-state index in [-0.39, 0.29) is 11.7 Å². The predicted octanol–water partition coefficient (Wildman–Crippen LogP) is 2.61. The minimum Gasteiger partial charge on any atom is -0.461 e. The van der Waals surface area contributed by atoms with Crippen molar-refractivity contribution in [2.45, 2.75) is 18.6 Å². The smallest absolute Gasteiger partial charge is 0.236 e. The van der Waals surface area contributed by atoms with Crippen molar-refractivity contribution in [1.82, 2.24) is 25.0 Å². The van der Waals surface area contributed by atoms with Gasteiger partial charge in [0.1, 0.15) is 5.01 Å². The summed E-state index contributed by atoms with van der Waals surface area (Å²) in [7, 11) is 0. The average Bonchev–Trinajstić information content (AvgIpc) is 3.27. The molecule has 0 bridgehead atoms. The van der Waals surface area contributed by atoms with Gasteiger partial charge >= 0.3 is 0 Å². The van der Waals surface area contributed by atoms with E-state index >= 15 is 0 Å². The Morgan fingerprint density at radius 3 is 3.00 bits per heavy atom. The fourth-order valence-electron chi connectivity index (χ4n) is 1.91. The lowest BCUT2D eigenvalue weighted by atomic mass is 10.4. The Morgan fingerprint density at radius 2 is 2.33 bits per heavy atom. The maximum atomic E-state index is 12.0. The summed E-state index contributed by atoms with van der Waals surface area (Å²) in [6, 6.07) is 3.59. The molecule has 8 nitrogen and oxygen atoms in total. The van der Waals surface area contributed by atoms with Gasteiger partial charge < -0.3 is 4.42 Å². The van der Waals surface area contributed by atoms with E-state index in [2.05, 4.69) is 32.3 Å². The third kappa shape index (κ3) is 3.71. The lowest BCUT2D eigenvalue weighted by Crippen LogP contribution is -2.14. The molecule has 124 valence electrons. The number of aryl methyl sites for hydroxylation is 1. The molecule has 3 heterocycles. The Morgan fingerprint density at radius 1 is 1.46 bits per heavy atom. The first-order chi connectivity index (χ1) is 11.7. The predicted molar refractivity (Wildman–Crippen MR) is 91.9 cm³/mol. The van der Waals surface area contributed by atoms with Gasteiger partial charge in [0, 0.05) is 6.54 Å². The minimum atomic E-state index is -0.177. The van der Waals surface area contributed by atoms with Crippen LogP contribution in [0.3, 0.4) is 0 Å². The van der Waals surface area contributed by atoms with Gasteiger partial charge in [0.25, 0.3) is 0 Å². The quantitative estimate of drug-likeness (QED) is 0.509. The molecule has 0 aromatic carbocycles. The normalized spacial score (nSPS) is 10.7. The van der Waals surface area contributed by atoms with Crippen LogP contribution in [0.5, 0.6) is 0 Å². The highest BCUT2D eigenvalue weighted by Crippen LogP contribution is 2.24. The molecule has 24 heavy (non-hydrogen) atoms. The molecule has 1 N–H and O–H groups in total. The number of hydrogen-bond donors (Lipinski definition) is 1. The molecule has 0 aliphatic rings. The van der Waals surface area contributed by atoms with Gasteiger partial charge in [-0.1, -0.05) is 29.2 Å². The Labute approximate surface area is 146 Å². The van der Waals surface area contributed by atoms with Crippen molar-refractivity contribution < 1.29 is 9.21 Å². The van der Waals surface area contributed by atoms with Gasteiger partial charge in [0.2, 0.25) is 16.9 Å². The molecular weight excluding hydrogens is 348 g/mol. The van der Waals surface area contributed by atoms with Crippen molar-refractivity contribution in [2.24, 2.45) is 0 Å². The zero-order valence-corrected chi connectivity index (χ0v) is 14.4. The van der Waals surface area contributed by atoms with Crippen LogP contribution >= 0.6 is 23.1 Å². The number of aromatic nitrogens is 5. The highest BCUT2D eigenvalue weighted by Gasteiger charge is 2.17. The van der Waals surface area contributed by atoms with Gasteiger partial charge in [0.05, 0.1) is 12.0 Å². The van der Waals surface area contributed by atoms with Crippen molar-refractivity contribution >= 4 is 34.1 Å². The van der Waals surface area contributed by atoms with E-state index in [1.165, 1.54) is 23.1 Å². The molecule has 3 aromatic heterocycles. The summed E-state index contributed by atoms with van der Waals surface area (Å²) >= 11 is 2.61. The summed E-state index contributed by atoms with van der Waals surface area (Å²) in [5.41, 5.74) is 0. The molecule has 3 aromatic rings. The van der Waals surface area contributed by atoms with Gasteiger partial charge in [-0.05, 0) is 19.1 Å². The standard InChI is InChI=1S/C14H14N6O2S2/c1-3-6-20-12(10-5-4-7-22-10)17-19-14(20)23-8-11(21)15-13-18-16-9(2)24-13/h3-5,7H,1,6,8H2,2H3,(H,15,18,21). The van der Waals surface area contributed by atoms with E-state index in [1.807, 2.05) is 17.6 Å². The van der Waals surface area contributed by atoms with E-state index in [0.717, 1.165) is 5.01 Å². The average molecular weight is 362 g/mol. The molecule has 1 amide bonds. The number of thioether (sulfide) groups is 1. The highest BCUT2D eigenvalue weighted by molar-refractivity contribution is 7.99. The Hall–Kier alpha value is -2.46. The van der Waals surface area contributed by atoms with Gasteiger partial charge in [-0.25, -0.2) is 0 Å². The minimum absolute atomic E-state index is 0.177. The number of nitrogens with one attached hydrogen (secondary N) is 1. The SMILES string of the molecule is C=CCn1c(SCC(=O)Nc2nnc(C)s2)nnc1-c1ccco1. The van der Waals surface area contributed by atoms with Crippen LogP contribution in [0.1, 0.15) is 5.01 Å². The largest absolute Gasteiger partial charge is 0.461 e. The van der Waals surface area contributed by atoms with Crippen LogP contribution < -0.4 is 5.32 Å². The number of rotatable bonds is 7. The van der Waals surface area contributed by atoms with Gasteiger partial charge in [-0.3, -0.25) is 14.7 Å². The number of amides is 1. The number of furan rings is 1. The lowest BCUT2D eigenvalue weighted by molar-refractivity contribution is -0.113. The Kier molecular flexibility index (Phi) is 5.06. The van der Waals surface area contributed by atoms with Crippen LogP contribution in [0.4, 0.5) is 5.13 Å². The van der Waals surface area contributed by atoms with E-state index in [9.17, 15) is 4.79 Å². The fraction of sp³-hybridized carbons (Fsp3) is 0.214. The van der Waals surface area contributed by atoms with Crippen LogP contribution in [0.25, 0.3) is 11.6 Å². The number of allylic oxidation sites excluding steroid dienone is 1. The molecule has 0 spiro atoms. The van der Waals surface area contributed by atoms with Crippen LogP contribution in [0, 0.1) is 6.92 Å². The van der Waals surface area contributed by atoms with Crippen molar-refractivity contribution in [3.05, 3.63) is 36.1 Å². The van der Waals surface area contributed by atoms with Crippen LogP contribution in [-0.4, -0.2) is 36.6 Å². The molecule has 0 unspecified atom stereocenters. The number of anilines is 1. The van der Waals surface area contributed by atoms with Crippen LogP contribution in [-0.2, 0) is 11.3 Å². The van der Waals surface area contributed by atoms with Gasteiger partial charge in [0.15, 0.2) is 10.9 Å². The Balaban J connectivity index is 1.68. The summed E-state index contributed by atoms with van der Waals surface area (Å²) in [6.45, 7) is 6.09. The summed E-state index contributed by atoms with van der Waals surface area (Å²) in [5.74, 6) is 1.22. The topological polar surface area (TPSA) is 98.7 Å². The molecule has 10 heteroatoms.